The Kier molecular flexibility index (Phi) is 5.11. The van der Waals surface area contributed by atoms with Crippen LogP contribution in [-0.2, 0) is 9.53 Å². The van der Waals surface area contributed by atoms with Crippen molar-refractivity contribution >= 4 is 5.91 Å². The van der Waals surface area contributed by atoms with Crippen LogP contribution in [0.3, 0.4) is 0 Å². The molecule has 2 N–H and O–H groups in total. The molecule has 2 bridgehead atoms. The number of benzene rings is 1. The molecule has 0 spiro atoms. The quantitative estimate of drug-likeness (QED) is 0.848. The van der Waals surface area contributed by atoms with E-state index >= 15 is 0 Å². The van der Waals surface area contributed by atoms with E-state index in [4.69, 9.17) is 4.74 Å². The summed E-state index contributed by atoms with van der Waals surface area (Å²) in [7, 11) is 1.69. The molecule has 4 heteroatoms. The minimum Gasteiger partial charge on any atom is -0.375 e. The van der Waals surface area contributed by atoms with E-state index in [1.165, 1.54) is 12.8 Å². The molecule has 120 valence electrons. The summed E-state index contributed by atoms with van der Waals surface area (Å²) < 4.78 is 5.50. The highest BCUT2D eigenvalue weighted by Crippen LogP contribution is 2.32. The molecule has 0 saturated carbocycles. The summed E-state index contributed by atoms with van der Waals surface area (Å²) in [5, 5.41) is 6.67. The van der Waals surface area contributed by atoms with E-state index in [9.17, 15) is 4.79 Å². The van der Waals surface area contributed by atoms with Gasteiger partial charge in [0, 0.05) is 32.2 Å². The summed E-state index contributed by atoms with van der Waals surface area (Å²) in [6.45, 7) is 0.539. The minimum atomic E-state index is -0.0747. The van der Waals surface area contributed by atoms with Crippen molar-refractivity contribution in [2.75, 3.05) is 13.7 Å². The number of ether oxygens (including phenoxy) is 1. The lowest BCUT2D eigenvalue weighted by molar-refractivity contribution is -0.122. The van der Waals surface area contributed by atoms with Gasteiger partial charge in [-0.1, -0.05) is 30.3 Å². The van der Waals surface area contributed by atoms with Gasteiger partial charge in [0.25, 0.3) is 0 Å². The van der Waals surface area contributed by atoms with E-state index in [-0.39, 0.29) is 12.0 Å². The number of hydrogen-bond donors (Lipinski definition) is 2. The second kappa shape index (κ2) is 7.25. The van der Waals surface area contributed by atoms with Crippen LogP contribution in [0.2, 0.25) is 0 Å². The molecule has 3 unspecified atom stereocenters. The van der Waals surface area contributed by atoms with Crippen molar-refractivity contribution in [3.63, 3.8) is 0 Å². The van der Waals surface area contributed by atoms with Crippen LogP contribution in [0, 0.1) is 5.92 Å². The molecule has 1 aromatic rings. The molecule has 0 aromatic heterocycles. The van der Waals surface area contributed by atoms with Gasteiger partial charge < -0.3 is 15.4 Å². The second-order valence-electron chi connectivity index (χ2n) is 6.62. The SMILES string of the molecule is COC(CNC(=O)CC1CC2CCC(C1)N2)c1ccccc1. The molecule has 2 heterocycles. The van der Waals surface area contributed by atoms with Crippen LogP contribution in [0.15, 0.2) is 30.3 Å². The lowest BCUT2D eigenvalue weighted by atomic mass is 9.89. The highest BCUT2D eigenvalue weighted by atomic mass is 16.5. The lowest BCUT2D eigenvalue weighted by Gasteiger charge is -2.28. The molecule has 4 nitrogen and oxygen atoms in total. The molecule has 0 radical (unpaired) electrons. The van der Waals surface area contributed by atoms with Crippen LogP contribution in [-0.4, -0.2) is 31.6 Å². The normalized spacial score (nSPS) is 28.3. The molecule has 3 rings (SSSR count). The summed E-state index contributed by atoms with van der Waals surface area (Å²) in [6.07, 6.45) is 5.44. The number of hydrogen-bond acceptors (Lipinski definition) is 3. The number of amides is 1. The Hall–Kier alpha value is -1.39. The first-order valence-corrected chi connectivity index (χ1v) is 8.35. The number of rotatable bonds is 6. The molecule has 22 heavy (non-hydrogen) atoms. The summed E-state index contributed by atoms with van der Waals surface area (Å²) in [6, 6.07) is 11.3. The van der Waals surface area contributed by atoms with Crippen molar-refractivity contribution in [2.45, 2.75) is 50.3 Å². The highest BCUT2D eigenvalue weighted by molar-refractivity contribution is 5.76. The van der Waals surface area contributed by atoms with E-state index in [2.05, 4.69) is 10.6 Å². The van der Waals surface area contributed by atoms with Gasteiger partial charge in [0.05, 0.1) is 6.10 Å². The lowest BCUT2D eigenvalue weighted by Crippen LogP contribution is -2.40. The van der Waals surface area contributed by atoms with E-state index in [1.807, 2.05) is 30.3 Å². The molecule has 3 atom stereocenters. The van der Waals surface area contributed by atoms with Crippen molar-refractivity contribution in [3.8, 4) is 0 Å². The summed E-state index contributed by atoms with van der Waals surface area (Å²) >= 11 is 0. The smallest absolute Gasteiger partial charge is 0.220 e. The Morgan fingerprint density at radius 1 is 1.27 bits per heavy atom. The predicted octanol–water partition coefficient (Wildman–Crippen LogP) is 2.41. The van der Waals surface area contributed by atoms with E-state index < -0.39 is 0 Å². The van der Waals surface area contributed by atoms with Gasteiger partial charge >= 0.3 is 0 Å². The Bertz CT molecular complexity index is 479. The predicted molar refractivity (Wildman–Crippen MR) is 86.5 cm³/mol. The molecule has 1 aromatic carbocycles. The number of piperidine rings is 1. The van der Waals surface area contributed by atoms with Gasteiger partial charge in [-0.2, -0.15) is 0 Å². The maximum atomic E-state index is 12.2. The third-order valence-corrected chi connectivity index (χ3v) is 4.99. The van der Waals surface area contributed by atoms with Crippen molar-refractivity contribution < 1.29 is 9.53 Å². The van der Waals surface area contributed by atoms with Gasteiger partial charge in [-0.25, -0.2) is 0 Å². The fourth-order valence-electron chi connectivity index (χ4n) is 3.89. The topological polar surface area (TPSA) is 50.4 Å². The third kappa shape index (κ3) is 3.87. The van der Waals surface area contributed by atoms with Gasteiger partial charge in [0.15, 0.2) is 0 Å². The van der Waals surface area contributed by atoms with Crippen molar-refractivity contribution in [3.05, 3.63) is 35.9 Å². The van der Waals surface area contributed by atoms with Gasteiger partial charge in [-0.3, -0.25) is 4.79 Å². The molecule has 1 amide bonds. The van der Waals surface area contributed by atoms with E-state index in [1.54, 1.807) is 7.11 Å². The number of nitrogens with one attached hydrogen (secondary N) is 2. The van der Waals surface area contributed by atoms with Crippen LogP contribution >= 0.6 is 0 Å². The first kappa shape index (κ1) is 15.5. The average Bonchev–Trinajstić information content (AvgIpc) is 2.88. The minimum absolute atomic E-state index is 0.0747. The monoisotopic (exact) mass is 302 g/mol. The van der Waals surface area contributed by atoms with Crippen LogP contribution in [0.25, 0.3) is 0 Å². The van der Waals surface area contributed by atoms with E-state index in [0.29, 0.717) is 31.0 Å². The Balaban J connectivity index is 1.45. The Labute approximate surface area is 132 Å². The third-order valence-electron chi connectivity index (χ3n) is 4.99. The average molecular weight is 302 g/mol. The summed E-state index contributed by atoms with van der Waals surface area (Å²) in [5.74, 6) is 0.695. The molecular weight excluding hydrogens is 276 g/mol. The Morgan fingerprint density at radius 3 is 2.59 bits per heavy atom. The molecule has 2 aliphatic rings. The van der Waals surface area contributed by atoms with Crippen LogP contribution < -0.4 is 10.6 Å². The summed E-state index contributed by atoms with van der Waals surface area (Å²) in [5.41, 5.74) is 1.10. The van der Waals surface area contributed by atoms with Gasteiger partial charge in [-0.05, 0) is 37.2 Å². The fraction of sp³-hybridized carbons (Fsp3) is 0.611. The second-order valence-corrected chi connectivity index (χ2v) is 6.62. The largest absolute Gasteiger partial charge is 0.375 e. The van der Waals surface area contributed by atoms with Gasteiger partial charge in [0.1, 0.15) is 0 Å². The molecule has 2 saturated heterocycles. The number of carbonyl (C=O) groups is 1. The molecular formula is C18H26N2O2. The number of methoxy groups -OCH3 is 1. The first-order chi connectivity index (χ1) is 10.7. The highest BCUT2D eigenvalue weighted by Gasteiger charge is 2.34. The maximum absolute atomic E-state index is 12.2. The zero-order valence-electron chi connectivity index (χ0n) is 13.3. The van der Waals surface area contributed by atoms with Crippen LogP contribution in [0.1, 0.15) is 43.8 Å². The van der Waals surface area contributed by atoms with Crippen molar-refractivity contribution in [2.24, 2.45) is 5.92 Å². The van der Waals surface area contributed by atoms with Gasteiger partial charge in [-0.15, -0.1) is 0 Å². The fourth-order valence-corrected chi connectivity index (χ4v) is 3.89. The number of carbonyl (C=O) groups excluding carboxylic acids is 1. The molecule has 2 aliphatic heterocycles. The maximum Gasteiger partial charge on any atom is 0.220 e. The van der Waals surface area contributed by atoms with Crippen LogP contribution in [0.4, 0.5) is 0 Å². The molecule has 2 fully saturated rings. The standard InChI is InChI=1S/C18H26N2O2/c1-22-17(14-5-3-2-4-6-14)12-19-18(21)11-13-9-15-7-8-16(10-13)20-15/h2-6,13,15-17,20H,7-12H2,1H3,(H,19,21). The molecule has 0 aliphatic carbocycles. The van der Waals surface area contributed by atoms with Crippen molar-refractivity contribution in [1.82, 2.24) is 10.6 Å². The van der Waals surface area contributed by atoms with E-state index in [0.717, 1.165) is 18.4 Å². The van der Waals surface area contributed by atoms with Gasteiger partial charge in [0.2, 0.25) is 5.91 Å². The zero-order valence-corrected chi connectivity index (χ0v) is 13.3. The number of fused-ring (bicyclic) bond motifs is 2. The zero-order chi connectivity index (χ0) is 15.4. The first-order valence-electron chi connectivity index (χ1n) is 8.35. The van der Waals surface area contributed by atoms with Crippen molar-refractivity contribution in [1.29, 1.82) is 0 Å². The Morgan fingerprint density at radius 2 is 1.95 bits per heavy atom. The summed E-state index contributed by atoms with van der Waals surface area (Å²) in [4.78, 5) is 12.2. The van der Waals surface area contributed by atoms with Crippen LogP contribution in [0.5, 0.6) is 0 Å².